The maximum atomic E-state index is 13.4. The van der Waals surface area contributed by atoms with Crippen LogP contribution in [0.5, 0.6) is 5.75 Å². The molecule has 19 heavy (non-hydrogen) atoms. The number of halogens is 3. The van der Waals surface area contributed by atoms with E-state index < -0.39 is 17.5 Å². The summed E-state index contributed by atoms with van der Waals surface area (Å²) in [6, 6.07) is 7.29. The lowest BCUT2D eigenvalue weighted by molar-refractivity contribution is 0.102. The van der Waals surface area contributed by atoms with Gasteiger partial charge in [0.2, 0.25) is 0 Å². The molecule has 0 atom stereocenters. The van der Waals surface area contributed by atoms with E-state index in [4.69, 9.17) is 0 Å². The van der Waals surface area contributed by atoms with Gasteiger partial charge in [0, 0.05) is 9.64 Å². The minimum atomic E-state index is -0.876. The fourth-order valence-electron chi connectivity index (χ4n) is 1.47. The topological polar surface area (TPSA) is 49.3 Å². The van der Waals surface area contributed by atoms with E-state index in [1.54, 1.807) is 6.07 Å². The highest BCUT2D eigenvalue weighted by Gasteiger charge is 2.14. The Morgan fingerprint density at radius 1 is 1.16 bits per heavy atom. The number of carbonyl (C=O) groups is 1. The van der Waals surface area contributed by atoms with Gasteiger partial charge in [-0.05, 0) is 52.9 Å². The van der Waals surface area contributed by atoms with E-state index in [-0.39, 0.29) is 17.0 Å². The normalized spacial score (nSPS) is 10.3. The number of nitrogens with one attached hydrogen (secondary N) is 1. The molecule has 0 aliphatic rings. The van der Waals surface area contributed by atoms with Gasteiger partial charge in [0.1, 0.15) is 17.4 Å². The molecule has 2 rings (SSSR count). The Kier molecular flexibility index (Phi) is 3.98. The molecular formula is C13H8F2INO2. The first-order chi connectivity index (χ1) is 8.97. The van der Waals surface area contributed by atoms with Crippen LogP contribution in [0.25, 0.3) is 0 Å². The molecule has 98 valence electrons. The molecule has 0 saturated carbocycles. The Labute approximate surface area is 121 Å². The largest absolute Gasteiger partial charge is 0.507 e. The number of phenolic OH excluding ortho intramolecular Hbond substituents is 1. The maximum Gasteiger partial charge on any atom is 0.259 e. The van der Waals surface area contributed by atoms with Crippen molar-refractivity contribution < 1.29 is 18.7 Å². The molecule has 0 spiro atoms. The van der Waals surface area contributed by atoms with Crippen LogP contribution in [-0.2, 0) is 0 Å². The van der Waals surface area contributed by atoms with E-state index in [2.05, 4.69) is 5.32 Å². The Bertz CT molecular complexity index is 647. The third-order valence-electron chi connectivity index (χ3n) is 2.38. The summed E-state index contributed by atoms with van der Waals surface area (Å²) in [6.45, 7) is 0. The first-order valence-electron chi connectivity index (χ1n) is 5.22. The van der Waals surface area contributed by atoms with Crippen molar-refractivity contribution in [1.82, 2.24) is 0 Å². The molecule has 0 unspecified atom stereocenters. The molecule has 0 aliphatic heterocycles. The Morgan fingerprint density at radius 3 is 2.58 bits per heavy atom. The van der Waals surface area contributed by atoms with E-state index in [9.17, 15) is 18.7 Å². The Morgan fingerprint density at radius 2 is 1.89 bits per heavy atom. The summed E-state index contributed by atoms with van der Waals surface area (Å²) in [5, 5.41) is 11.9. The zero-order chi connectivity index (χ0) is 14.0. The standard InChI is InChI=1S/C13H8F2INO2/c14-7-1-3-11(10(15)5-7)17-13(19)9-6-8(16)2-4-12(9)18/h1-6,18H,(H,17,19). The van der Waals surface area contributed by atoms with E-state index in [0.29, 0.717) is 6.07 Å². The van der Waals surface area contributed by atoms with Crippen molar-refractivity contribution in [3.8, 4) is 5.75 Å². The van der Waals surface area contributed by atoms with E-state index in [0.717, 1.165) is 15.7 Å². The van der Waals surface area contributed by atoms with Crippen LogP contribution in [0.15, 0.2) is 36.4 Å². The fourth-order valence-corrected chi connectivity index (χ4v) is 1.96. The molecule has 0 bridgehead atoms. The SMILES string of the molecule is O=C(Nc1ccc(F)cc1F)c1cc(I)ccc1O. The molecule has 0 fully saturated rings. The lowest BCUT2D eigenvalue weighted by Gasteiger charge is -2.08. The quantitative estimate of drug-likeness (QED) is 0.790. The van der Waals surface area contributed by atoms with Gasteiger partial charge in [-0.15, -0.1) is 0 Å². The molecule has 1 amide bonds. The number of carbonyl (C=O) groups excluding carboxylic acids is 1. The molecule has 0 aromatic heterocycles. The third-order valence-corrected chi connectivity index (χ3v) is 3.05. The second-order valence-corrected chi connectivity index (χ2v) is 4.99. The van der Waals surface area contributed by atoms with Crippen molar-refractivity contribution in [3.05, 3.63) is 57.2 Å². The zero-order valence-electron chi connectivity index (χ0n) is 9.45. The highest BCUT2D eigenvalue weighted by Crippen LogP contribution is 2.22. The molecule has 0 saturated heterocycles. The molecule has 0 aliphatic carbocycles. The lowest BCUT2D eigenvalue weighted by Crippen LogP contribution is -2.13. The molecule has 2 aromatic carbocycles. The minimum absolute atomic E-state index is 0.0237. The summed E-state index contributed by atoms with van der Waals surface area (Å²) in [5.74, 6) is -2.48. The van der Waals surface area contributed by atoms with E-state index in [1.165, 1.54) is 12.1 Å². The summed E-state index contributed by atoms with van der Waals surface area (Å²) >= 11 is 1.98. The predicted octanol–water partition coefficient (Wildman–Crippen LogP) is 3.53. The van der Waals surface area contributed by atoms with Crippen molar-refractivity contribution in [1.29, 1.82) is 0 Å². The van der Waals surface area contributed by atoms with Crippen LogP contribution in [-0.4, -0.2) is 11.0 Å². The van der Waals surface area contributed by atoms with Crippen molar-refractivity contribution in [2.75, 3.05) is 5.32 Å². The fraction of sp³-hybridized carbons (Fsp3) is 0. The van der Waals surface area contributed by atoms with Gasteiger partial charge in [-0.2, -0.15) is 0 Å². The van der Waals surface area contributed by atoms with Crippen LogP contribution in [0.2, 0.25) is 0 Å². The van der Waals surface area contributed by atoms with Gasteiger partial charge >= 0.3 is 0 Å². The van der Waals surface area contributed by atoms with Crippen LogP contribution in [0.4, 0.5) is 14.5 Å². The number of hydrogen-bond donors (Lipinski definition) is 2. The highest BCUT2D eigenvalue weighted by atomic mass is 127. The molecule has 0 heterocycles. The second-order valence-electron chi connectivity index (χ2n) is 3.74. The Balaban J connectivity index is 2.28. The first-order valence-corrected chi connectivity index (χ1v) is 6.30. The predicted molar refractivity (Wildman–Crippen MR) is 75.1 cm³/mol. The monoisotopic (exact) mass is 375 g/mol. The summed E-state index contributed by atoms with van der Waals surface area (Å²) in [7, 11) is 0. The minimum Gasteiger partial charge on any atom is -0.507 e. The van der Waals surface area contributed by atoms with Crippen LogP contribution in [0, 0.1) is 15.2 Å². The third kappa shape index (κ3) is 3.19. The number of benzene rings is 2. The number of rotatable bonds is 2. The molecule has 0 radical (unpaired) electrons. The molecule has 2 N–H and O–H groups in total. The van der Waals surface area contributed by atoms with Gasteiger partial charge in [0.15, 0.2) is 0 Å². The highest BCUT2D eigenvalue weighted by molar-refractivity contribution is 14.1. The summed E-state index contributed by atoms with van der Waals surface area (Å²) in [4.78, 5) is 11.9. The van der Waals surface area contributed by atoms with Crippen LogP contribution < -0.4 is 5.32 Å². The van der Waals surface area contributed by atoms with Gasteiger partial charge in [0.05, 0.1) is 11.3 Å². The summed E-state index contributed by atoms with van der Waals surface area (Å²) in [6.07, 6.45) is 0. The molecule has 3 nitrogen and oxygen atoms in total. The average Bonchev–Trinajstić information content (AvgIpc) is 2.35. The van der Waals surface area contributed by atoms with Crippen molar-refractivity contribution in [3.63, 3.8) is 0 Å². The van der Waals surface area contributed by atoms with Crippen molar-refractivity contribution in [2.45, 2.75) is 0 Å². The number of aromatic hydroxyl groups is 1. The zero-order valence-corrected chi connectivity index (χ0v) is 11.6. The average molecular weight is 375 g/mol. The summed E-state index contributed by atoms with van der Waals surface area (Å²) in [5.41, 5.74) is -0.125. The van der Waals surface area contributed by atoms with Crippen LogP contribution in [0.1, 0.15) is 10.4 Å². The first kappa shape index (κ1) is 13.7. The number of phenols is 1. The van der Waals surface area contributed by atoms with Gasteiger partial charge in [0.25, 0.3) is 5.91 Å². The van der Waals surface area contributed by atoms with Crippen LogP contribution in [0.3, 0.4) is 0 Å². The Hall–Kier alpha value is -1.70. The van der Waals surface area contributed by atoms with Gasteiger partial charge in [-0.1, -0.05) is 0 Å². The van der Waals surface area contributed by atoms with Gasteiger partial charge in [-0.25, -0.2) is 8.78 Å². The summed E-state index contributed by atoms with van der Waals surface area (Å²) < 4.78 is 26.9. The lowest BCUT2D eigenvalue weighted by atomic mass is 10.2. The van der Waals surface area contributed by atoms with E-state index >= 15 is 0 Å². The number of amides is 1. The van der Waals surface area contributed by atoms with Crippen LogP contribution >= 0.6 is 22.6 Å². The second kappa shape index (κ2) is 5.52. The van der Waals surface area contributed by atoms with Gasteiger partial charge in [-0.3, -0.25) is 4.79 Å². The van der Waals surface area contributed by atoms with Crippen molar-refractivity contribution >= 4 is 34.2 Å². The molecule has 2 aromatic rings. The number of anilines is 1. The molecule has 6 heteroatoms. The smallest absolute Gasteiger partial charge is 0.259 e. The van der Waals surface area contributed by atoms with E-state index in [1.807, 2.05) is 22.6 Å². The van der Waals surface area contributed by atoms with Crippen molar-refractivity contribution in [2.24, 2.45) is 0 Å². The molecular weight excluding hydrogens is 367 g/mol. The maximum absolute atomic E-state index is 13.4. The van der Waals surface area contributed by atoms with Gasteiger partial charge < -0.3 is 10.4 Å². The number of hydrogen-bond acceptors (Lipinski definition) is 2.